The van der Waals surface area contributed by atoms with Crippen molar-refractivity contribution in [3.8, 4) is 11.8 Å². The minimum Gasteiger partial charge on any atom is -0.484 e. The summed E-state index contributed by atoms with van der Waals surface area (Å²) in [5, 5.41) is 2.23. The van der Waals surface area contributed by atoms with Crippen molar-refractivity contribution < 1.29 is 40.6 Å². The smallest absolute Gasteiger partial charge is 0.297 e. The Balaban J connectivity index is 1.66. The molecule has 190 valence electrons. The topological polar surface area (TPSA) is 65.4 Å². The van der Waals surface area contributed by atoms with Gasteiger partial charge in [-0.1, -0.05) is 0 Å². The Morgan fingerprint density at radius 2 is 1.91 bits per heavy atom. The fourth-order valence-corrected chi connectivity index (χ4v) is 4.20. The molecular weight excluding hydrogens is 468 g/mol. The predicted molar refractivity (Wildman–Crippen MR) is 111 cm³/mol. The van der Waals surface area contributed by atoms with Gasteiger partial charge in [0.05, 0.1) is 6.04 Å². The van der Waals surface area contributed by atoms with Gasteiger partial charge in [0, 0.05) is 26.5 Å². The van der Waals surface area contributed by atoms with Crippen LogP contribution in [0.15, 0.2) is 6.07 Å². The highest BCUT2D eigenvalue weighted by atomic mass is 19.3. The molecule has 0 saturated heterocycles. The zero-order valence-corrected chi connectivity index (χ0v) is 19.0. The molecule has 0 spiro atoms. The lowest BCUT2D eigenvalue weighted by atomic mass is 9.82. The molecule has 1 aromatic carbocycles. The Bertz CT molecular complexity index is 1020. The van der Waals surface area contributed by atoms with Gasteiger partial charge < -0.3 is 14.8 Å². The number of nitrogens with zero attached hydrogens (tertiary/aromatic N) is 2. The largest absolute Gasteiger partial charge is 0.484 e. The highest BCUT2D eigenvalue weighted by Crippen LogP contribution is 2.37. The molecule has 6 nitrogen and oxygen atoms in total. The molecule has 1 aliphatic carbocycles. The minimum absolute atomic E-state index is 0.0770. The molecule has 0 aliphatic heterocycles. The number of alkyl halides is 4. The van der Waals surface area contributed by atoms with Crippen molar-refractivity contribution in [2.75, 3.05) is 6.61 Å². The Morgan fingerprint density at radius 3 is 2.50 bits per heavy atom. The lowest BCUT2D eigenvalue weighted by Gasteiger charge is -2.32. The lowest BCUT2D eigenvalue weighted by Crippen LogP contribution is -2.46. The van der Waals surface area contributed by atoms with Crippen molar-refractivity contribution in [1.82, 2.24) is 14.9 Å². The van der Waals surface area contributed by atoms with E-state index in [-0.39, 0.29) is 29.4 Å². The van der Waals surface area contributed by atoms with E-state index in [1.54, 1.807) is 0 Å². The van der Waals surface area contributed by atoms with Crippen molar-refractivity contribution >= 4 is 16.9 Å². The summed E-state index contributed by atoms with van der Waals surface area (Å²) in [6, 6.07) is -0.699. The molecule has 1 atom stereocenters. The first kappa shape index (κ1) is 26.0. The summed E-state index contributed by atoms with van der Waals surface area (Å²) in [7, 11) is 1.39. The maximum Gasteiger partial charge on any atom is 0.297 e. The van der Waals surface area contributed by atoms with Gasteiger partial charge in [-0.25, -0.2) is 26.3 Å². The van der Waals surface area contributed by atoms with Crippen LogP contribution >= 0.6 is 0 Å². The zero-order chi connectivity index (χ0) is 25.2. The fraction of sp³-hybridized carbons (Fsp3) is 0.636. The molecule has 0 radical (unpaired) electrons. The molecule has 3 rings (SSSR count). The number of halogens is 6. The van der Waals surface area contributed by atoms with Gasteiger partial charge in [0.15, 0.2) is 17.4 Å². The molecule has 2 aromatic rings. The number of carbonyl (C=O) groups is 1. The van der Waals surface area contributed by atoms with Crippen LogP contribution in [0.3, 0.4) is 0 Å². The summed E-state index contributed by atoms with van der Waals surface area (Å²) in [6.07, 6.45) is -1.85. The van der Waals surface area contributed by atoms with E-state index in [0.29, 0.717) is 31.7 Å². The normalized spacial score (nSPS) is 19.9. The molecule has 1 heterocycles. The van der Waals surface area contributed by atoms with E-state index >= 15 is 0 Å². The number of aromatic nitrogens is 2. The van der Waals surface area contributed by atoms with E-state index in [2.05, 4.69) is 15.0 Å². The molecule has 1 fully saturated rings. The van der Waals surface area contributed by atoms with Crippen LogP contribution in [-0.4, -0.2) is 46.6 Å². The molecule has 1 N–H and O–H groups in total. The van der Waals surface area contributed by atoms with Crippen molar-refractivity contribution in [1.29, 1.82) is 0 Å². The quantitative estimate of drug-likeness (QED) is 0.499. The molecule has 1 aromatic heterocycles. The summed E-state index contributed by atoms with van der Waals surface area (Å²) in [5.74, 6) is -6.50. The van der Waals surface area contributed by atoms with Crippen LogP contribution in [0.4, 0.5) is 26.3 Å². The average molecular weight is 495 g/mol. The van der Waals surface area contributed by atoms with Crippen molar-refractivity contribution in [2.24, 2.45) is 13.0 Å². The van der Waals surface area contributed by atoms with Crippen LogP contribution in [0.2, 0.25) is 0 Å². The van der Waals surface area contributed by atoms with Gasteiger partial charge in [-0.15, -0.1) is 0 Å². The average Bonchev–Trinajstić information content (AvgIpc) is 3.07. The predicted octanol–water partition coefficient (Wildman–Crippen LogP) is 4.98. The lowest BCUT2D eigenvalue weighted by molar-refractivity contribution is -0.124. The highest BCUT2D eigenvalue weighted by molar-refractivity contribution is 5.80. The molecule has 1 amide bonds. The van der Waals surface area contributed by atoms with E-state index < -0.39 is 54.4 Å². The summed E-state index contributed by atoms with van der Waals surface area (Å²) in [4.78, 5) is 15.1. The van der Waals surface area contributed by atoms with Gasteiger partial charge in [0.25, 0.3) is 18.4 Å². The van der Waals surface area contributed by atoms with E-state index in [4.69, 9.17) is 4.74 Å². The fourth-order valence-electron chi connectivity index (χ4n) is 4.20. The summed E-state index contributed by atoms with van der Waals surface area (Å²) in [6.45, 7) is 1.37. The van der Waals surface area contributed by atoms with Crippen LogP contribution in [0.1, 0.15) is 46.0 Å². The standard InChI is InChI=1S/C22H27F6N3O3/c1-11(29-12(2)32)22(27,28)9-13-4-6-14(7-5-13)34-21-30-19-15(23)8-16(33-10-17(24)25)18(26)20(19)31(21)3/h8,11,13-14,17H,4-7,9-10H2,1-3H3,(H,29,32)/t11-,13?,14?/m0/s1. The Labute approximate surface area is 192 Å². The van der Waals surface area contributed by atoms with Gasteiger partial charge in [0.2, 0.25) is 5.91 Å². The molecule has 0 unspecified atom stereocenters. The molecule has 12 heteroatoms. The minimum atomic E-state index is -3.05. The second-order valence-electron chi connectivity index (χ2n) is 8.67. The monoisotopic (exact) mass is 495 g/mol. The Kier molecular flexibility index (Phi) is 7.87. The number of aryl methyl sites for hydroxylation is 1. The van der Waals surface area contributed by atoms with E-state index in [9.17, 15) is 31.1 Å². The summed E-state index contributed by atoms with van der Waals surface area (Å²) in [5.41, 5.74) is -0.626. The molecule has 1 saturated carbocycles. The molecule has 34 heavy (non-hydrogen) atoms. The number of imidazole rings is 1. The van der Waals surface area contributed by atoms with Crippen LogP contribution in [0.5, 0.6) is 11.8 Å². The van der Waals surface area contributed by atoms with Gasteiger partial charge in [-0.2, -0.15) is 4.98 Å². The van der Waals surface area contributed by atoms with Gasteiger partial charge in [0.1, 0.15) is 23.7 Å². The zero-order valence-electron chi connectivity index (χ0n) is 19.0. The van der Waals surface area contributed by atoms with E-state index in [0.717, 1.165) is 0 Å². The van der Waals surface area contributed by atoms with Crippen molar-refractivity contribution in [3.63, 3.8) is 0 Å². The second-order valence-corrected chi connectivity index (χ2v) is 8.67. The number of rotatable bonds is 9. The number of hydrogen-bond acceptors (Lipinski definition) is 4. The Morgan fingerprint density at radius 1 is 1.26 bits per heavy atom. The number of fused-ring (bicyclic) bond motifs is 1. The third kappa shape index (κ3) is 5.87. The van der Waals surface area contributed by atoms with Gasteiger partial charge in [-0.3, -0.25) is 9.36 Å². The van der Waals surface area contributed by atoms with Crippen molar-refractivity contribution in [3.05, 3.63) is 17.7 Å². The maximum absolute atomic E-state index is 14.8. The third-order valence-electron chi connectivity index (χ3n) is 6.01. The number of ether oxygens (including phenoxy) is 2. The third-order valence-corrected chi connectivity index (χ3v) is 6.01. The van der Waals surface area contributed by atoms with Crippen LogP contribution in [0, 0.1) is 17.6 Å². The Hall–Kier alpha value is -2.66. The van der Waals surface area contributed by atoms with Crippen LogP contribution < -0.4 is 14.8 Å². The molecule has 0 bridgehead atoms. The van der Waals surface area contributed by atoms with Crippen molar-refractivity contribution in [2.45, 2.75) is 70.4 Å². The van der Waals surface area contributed by atoms with Gasteiger partial charge >= 0.3 is 0 Å². The first-order valence-corrected chi connectivity index (χ1v) is 11.0. The first-order valence-electron chi connectivity index (χ1n) is 11.0. The number of benzene rings is 1. The number of carbonyl (C=O) groups excluding carboxylic acids is 1. The number of amides is 1. The van der Waals surface area contributed by atoms with E-state index in [1.807, 2.05) is 0 Å². The summed E-state index contributed by atoms with van der Waals surface area (Å²) < 4.78 is 94.4. The first-order chi connectivity index (χ1) is 15.9. The molecular formula is C22H27F6N3O3. The highest BCUT2D eigenvalue weighted by Gasteiger charge is 2.40. The maximum atomic E-state index is 14.8. The van der Waals surface area contributed by atoms with Crippen LogP contribution in [-0.2, 0) is 11.8 Å². The summed E-state index contributed by atoms with van der Waals surface area (Å²) >= 11 is 0. The van der Waals surface area contributed by atoms with E-state index in [1.165, 1.54) is 25.5 Å². The number of hydrogen-bond donors (Lipinski definition) is 1. The second kappa shape index (κ2) is 10.3. The van der Waals surface area contributed by atoms with Crippen LogP contribution in [0.25, 0.3) is 11.0 Å². The SMILES string of the molecule is CC(=O)N[C@@H](C)C(F)(F)CC1CCC(Oc2nc3c(F)cc(OCC(F)F)c(F)c3n2C)CC1. The number of nitrogens with one attached hydrogen (secondary N) is 1. The van der Waals surface area contributed by atoms with Gasteiger partial charge in [-0.05, 0) is 38.5 Å². The molecule has 1 aliphatic rings.